The molecule has 3 aromatic carbocycles. The van der Waals surface area contributed by atoms with Crippen LogP contribution in [0.3, 0.4) is 0 Å². The van der Waals surface area contributed by atoms with Gasteiger partial charge in [-0.3, -0.25) is 4.79 Å². The number of aryl methyl sites for hydroxylation is 1. The Hall–Kier alpha value is -4.06. The van der Waals surface area contributed by atoms with Crippen LogP contribution in [0.15, 0.2) is 75.9 Å². The molecule has 0 amide bonds. The molecule has 1 aromatic heterocycles. The summed E-state index contributed by atoms with van der Waals surface area (Å²) in [6.45, 7) is 1.73. The van der Waals surface area contributed by atoms with Crippen LogP contribution in [-0.4, -0.2) is 20.2 Å². The smallest absolute Gasteiger partial charge is 0.347 e. The number of methoxy groups -OCH3 is 2. The first-order valence-corrected chi connectivity index (χ1v) is 9.59. The molecule has 31 heavy (non-hydrogen) atoms. The number of rotatable bonds is 5. The molecule has 0 N–H and O–H groups in total. The highest BCUT2D eigenvalue weighted by Crippen LogP contribution is 2.28. The highest BCUT2D eigenvalue weighted by Gasteiger charge is 2.17. The van der Waals surface area contributed by atoms with Gasteiger partial charge in [0.2, 0.25) is 5.43 Å². The van der Waals surface area contributed by atoms with E-state index in [-0.39, 0.29) is 11.2 Å². The first-order valence-electron chi connectivity index (χ1n) is 9.59. The molecule has 4 rings (SSSR count). The molecule has 6 heteroatoms. The summed E-state index contributed by atoms with van der Waals surface area (Å²) in [5.74, 6) is 1.29. The maximum absolute atomic E-state index is 13.1. The largest absolute Gasteiger partial charge is 0.497 e. The molecule has 0 aliphatic carbocycles. The van der Waals surface area contributed by atoms with Crippen molar-refractivity contribution in [1.29, 1.82) is 0 Å². The van der Waals surface area contributed by atoms with E-state index in [2.05, 4.69) is 0 Å². The van der Waals surface area contributed by atoms with Crippen LogP contribution in [0, 0.1) is 6.92 Å². The van der Waals surface area contributed by atoms with Crippen molar-refractivity contribution in [2.75, 3.05) is 14.2 Å². The molecule has 0 saturated carbocycles. The maximum atomic E-state index is 13.1. The molecule has 0 aliphatic heterocycles. The third kappa shape index (κ3) is 3.88. The van der Waals surface area contributed by atoms with Gasteiger partial charge in [0, 0.05) is 6.07 Å². The summed E-state index contributed by atoms with van der Waals surface area (Å²) in [6, 6.07) is 18.7. The second-order valence-electron chi connectivity index (χ2n) is 6.84. The predicted octanol–water partition coefficient (Wildman–Crippen LogP) is 5.00. The average molecular weight is 416 g/mol. The number of carbonyl (C=O) groups is 1. The van der Waals surface area contributed by atoms with Crippen molar-refractivity contribution in [2.24, 2.45) is 0 Å². The van der Waals surface area contributed by atoms with Gasteiger partial charge >= 0.3 is 5.97 Å². The molecular weight excluding hydrogens is 396 g/mol. The molecule has 0 radical (unpaired) electrons. The van der Waals surface area contributed by atoms with Crippen molar-refractivity contribution >= 4 is 16.9 Å². The van der Waals surface area contributed by atoms with E-state index >= 15 is 0 Å². The van der Waals surface area contributed by atoms with Crippen LogP contribution < -0.4 is 19.6 Å². The van der Waals surface area contributed by atoms with E-state index in [9.17, 15) is 9.59 Å². The lowest BCUT2D eigenvalue weighted by Gasteiger charge is -2.10. The van der Waals surface area contributed by atoms with E-state index < -0.39 is 5.97 Å². The molecule has 0 saturated heterocycles. The van der Waals surface area contributed by atoms with Crippen molar-refractivity contribution in [2.45, 2.75) is 6.92 Å². The fourth-order valence-electron chi connectivity index (χ4n) is 3.42. The molecule has 1 heterocycles. The Morgan fingerprint density at radius 1 is 0.871 bits per heavy atom. The number of para-hydroxylation sites is 1. The van der Waals surface area contributed by atoms with Crippen LogP contribution in [0.5, 0.6) is 17.2 Å². The number of esters is 1. The lowest BCUT2D eigenvalue weighted by atomic mass is 10.0. The SMILES string of the molecule is COc1ccc(-c2c(C)oc3cc(OC(=O)c4ccccc4OC)ccc3c2=O)cc1. The predicted molar refractivity (Wildman–Crippen MR) is 117 cm³/mol. The summed E-state index contributed by atoms with van der Waals surface area (Å²) >= 11 is 0. The molecule has 0 fully saturated rings. The average Bonchev–Trinajstić information content (AvgIpc) is 2.79. The van der Waals surface area contributed by atoms with E-state index in [4.69, 9.17) is 18.6 Å². The Morgan fingerprint density at radius 3 is 2.29 bits per heavy atom. The topological polar surface area (TPSA) is 75.0 Å². The zero-order chi connectivity index (χ0) is 22.0. The Balaban J connectivity index is 1.70. The van der Waals surface area contributed by atoms with Gasteiger partial charge in [-0.25, -0.2) is 4.79 Å². The Labute approximate surface area is 178 Å². The maximum Gasteiger partial charge on any atom is 0.347 e. The van der Waals surface area contributed by atoms with E-state index in [1.807, 2.05) is 12.1 Å². The normalized spacial score (nSPS) is 10.7. The van der Waals surface area contributed by atoms with Gasteiger partial charge in [-0.1, -0.05) is 24.3 Å². The highest BCUT2D eigenvalue weighted by molar-refractivity contribution is 5.94. The lowest BCUT2D eigenvalue weighted by Crippen LogP contribution is -2.11. The third-order valence-electron chi connectivity index (χ3n) is 4.96. The standard InChI is InChI=1S/C25H20O6/c1-15-23(16-8-10-17(28-2)11-9-16)24(26)19-13-12-18(14-22(19)30-15)31-25(27)20-6-4-5-7-21(20)29-3/h4-14H,1-3H3. The fourth-order valence-corrected chi connectivity index (χ4v) is 3.42. The van der Waals surface area contributed by atoms with Gasteiger partial charge < -0.3 is 18.6 Å². The zero-order valence-electron chi connectivity index (χ0n) is 17.3. The zero-order valence-corrected chi connectivity index (χ0v) is 17.3. The van der Waals surface area contributed by atoms with Gasteiger partial charge in [-0.05, 0) is 48.9 Å². The minimum Gasteiger partial charge on any atom is -0.497 e. The van der Waals surface area contributed by atoms with Crippen LogP contribution in [0.25, 0.3) is 22.1 Å². The van der Waals surface area contributed by atoms with Gasteiger partial charge in [0.15, 0.2) is 0 Å². The first-order chi connectivity index (χ1) is 15.0. The molecule has 0 unspecified atom stereocenters. The molecule has 0 atom stereocenters. The van der Waals surface area contributed by atoms with Crippen molar-refractivity contribution in [3.8, 4) is 28.4 Å². The molecular formula is C25H20O6. The van der Waals surface area contributed by atoms with Crippen molar-refractivity contribution in [1.82, 2.24) is 0 Å². The first kappa shape index (κ1) is 20.2. The number of hydrogen-bond donors (Lipinski definition) is 0. The van der Waals surface area contributed by atoms with Gasteiger partial charge in [0.1, 0.15) is 34.2 Å². The molecule has 0 bridgehead atoms. The second kappa shape index (κ2) is 8.36. The molecule has 4 aromatic rings. The van der Waals surface area contributed by atoms with Crippen LogP contribution >= 0.6 is 0 Å². The van der Waals surface area contributed by atoms with E-state index in [1.54, 1.807) is 62.6 Å². The summed E-state index contributed by atoms with van der Waals surface area (Å²) in [4.78, 5) is 25.7. The summed E-state index contributed by atoms with van der Waals surface area (Å²) in [5.41, 5.74) is 1.70. The summed E-state index contributed by atoms with van der Waals surface area (Å²) < 4.78 is 21.8. The number of ether oxygens (including phenoxy) is 3. The minimum atomic E-state index is -0.564. The van der Waals surface area contributed by atoms with Crippen LogP contribution in [0.2, 0.25) is 0 Å². The summed E-state index contributed by atoms with van der Waals surface area (Å²) in [7, 11) is 3.07. The quantitative estimate of drug-likeness (QED) is 0.336. The monoisotopic (exact) mass is 416 g/mol. The van der Waals surface area contributed by atoms with Crippen LogP contribution in [0.4, 0.5) is 0 Å². The van der Waals surface area contributed by atoms with Crippen molar-refractivity contribution in [3.05, 3.63) is 88.3 Å². The summed E-state index contributed by atoms with van der Waals surface area (Å²) in [6.07, 6.45) is 0. The highest BCUT2D eigenvalue weighted by atomic mass is 16.5. The minimum absolute atomic E-state index is 0.161. The Morgan fingerprint density at radius 2 is 1.58 bits per heavy atom. The van der Waals surface area contributed by atoms with Gasteiger partial charge in [-0.2, -0.15) is 0 Å². The van der Waals surface area contributed by atoms with Gasteiger partial charge in [0.05, 0.1) is 25.2 Å². The van der Waals surface area contributed by atoms with Gasteiger partial charge in [-0.15, -0.1) is 0 Å². The molecule has 0 spiro atoms. The van der Waals surface area contributed by atoms with Crippen molar-refractivity contribution < 1.29 is 23.4 Å². The number of carbonyl (C=O) groups excluding carboxylic acids is 1. The van der Waals surface area contributed by atoms with E-state index in [1.165, 1.54) is 13.2 Å². The number of benzene rings is 3. The Kier molecular flexibility index (Phi) is 5.45. The number of fused-ring (bicyclic) bond motifs is 1. The van der Waals surface area contributed by atoms with Crippen LogP contribution in [0.1, 0.15) is 16.1 Å². The fraction of sp³-hybridized carbons (Fsp3) is 0.120. The second-order valence-corrected chi connectivity index (χ2v) is 6.84. The van der Waals surface area contributed by atoms with Crippen molar-refractivity contribution in [3.63, 3.8) is 0 Å². The molecule has 0 aliphatic rings. The molecule has 6 nitrogen and oxygen atoms in total. The lowest BCUT2D eigenvalue weighted by molar-refractivity contribution is 0.0731. The molecule has 156 valence electrons. The van der Waals surface area contributed by atoms with E-state index in [0.29, 0.717) is 39.4 Å². The third-order valence-corrected chi connectivity index (χ3v) is 4.96. The van der Waals surface area contributed by atoms with E-state index in [0.717, 1.165) is 5.56 Å². The van der Waals surface area contributed by atoms with Crippen LogP contribution in [-0.2, 0) is 0 Å². The Bertz CT molecular complexity index is 1320. The number of hydrogen-bond acceptors (Lipinski definition) is 6. The summed E-state index contributed by atoms with van der Waals surface area (Å²) in [5, 5.41) is 0.397. The van der Waals surface area contributed by atoms with Gasteiger partial charge in [0.25, 0.3) is 0 Å².